The van der Waals surface area contributed by atoms with Gasteiger partial charge in [0.1, 0.15) is 0 Å². The third kappa shape index (κ3) is 2.56. The van der Waals surface area contributed by atoms with Crippen molar-refractivity contribution in [1.82, 2.24) is 0 Å². The number of rotatable bonds is 2. The molecule has 3 heteroatoms. The molecule has 0 radical (unpaired) electrons. The molecule has 1 saturated carbocycles. The molecule has 1 fully saturated rings. The summed E-state index contributed by atoms with van der Waals surface area (Å²) in [5.41, 5.74) is 0.860. The third-order valence-electron chi connectivity index (χ3n) is 4.35. The zero-order valence-corrected chi connectivity index (χ0v) is 12.0. The lowest BCUT2D eigenvalue weighted by Crippen LogP contribution is -2.37. The molecule has 2 N–H and O–H groups in total. The monoisotopic (exact) mass is 290 g/mol. The Morgan fingerprint density at radius 3 is 2.60 bits per heavy atom. The van der Waals surface area contributed by atoms with Gasteiger partial charge in [-0.3, -0.25) is 0 Å². The predicted molar refractivity (Wildman–Crippen MR) is 81.9 cm³/mol. The van der Waals surface area contributed by atoms with Crippen LogP contribution in [0.5, 0.6) is 0 Å². The zero-order valence-electron chi connectivity index (χ0n) is 11.2. The number of hydrogen-bond donors (Lipinski definition) is 2. The lowest BCUT2D eigenvalue weighted by Gasteiger charge is -2.34. The predicted octanol–water partition coefficient (Wildman–Crippen LogP) is 3.64. The van der Waals surface area contributed by atoms with Crippen LogP contribution in [-0.2, 0) is 0 Å². The van der Waals surface area contributed by atoms with Crippen molar-refractivity contribution in [3.05, 3.63) is 48.0 Å². The van der Waals surface area contributed by atoms with Crippen molar-refractivity contribution < 1.29 is 10.2 Å². The molecular formula is C17H19ClO2. The first kappa shape index (κ1) is 13.9. The average Bonchev–Trinajstić information content (AvgIpc) is 2.49. The topological polar surface area (TPSA) is 40.5 Å². The number of halogens is 1. The first-order valence-electron chi connectivity index (χ1n) is 7.16. The van der Waals surface area contributed by atoms with E-state index in [-0.39, 0.29) is 11.3 Å². The second-order valence-electron chi connectivity index (χ2n) is 5.65. The summed E-state index contributed by atoms with van der Waals surface area (Å²) in [5.74, 6) is -0.174. The summed E-state index contributed by atoms with van der Waals surface area (Å²) in [6, 6.07) is 14.0. The van der Waals surface area contributed by atoms with Crippen LogP contribution in [-0.4, -0.2) is 21.7 Å². The fourth-order valence-electron chi connectivity index (χ4n) is 3.14. The maximum Gasteiger partial charge on any atom is 0.0843 e. The minimum absolute atomic E-state index is 0.174. The van der Waals surface area contributed by atoms with Gasteiger partial charge in [0.2, 0.25) is 0 Å². The number of aliphatic hydroxyl groups excluding tert-OH is 2. The number of fused-ring (bicyclic) bond motifs is 1. The highest BCUT2D eigenvalue weighted by Gasteiger charge is 2.35. The summed E-state index contributed by atoms with van der Waals surface area (Å²) in [6.07, 6.45) is 1.31. The fraction of sp³-hybridized carbons (Fsp3) is 0.412. The highest BCUT2D eigenvalue weighted by Crippen LogP contribution is 2.37. The van der Waals surface area contributed by atoms with Crippen LogP contribution in [0.3, 0.4) is 0 Å². The molecule has 0 amide bonds. The Morgan fingerprint density at radius 1 is 1.05 bits per heavy atom. The van der Waals surface area contributed by atoms with Crippen LogP contribution < -0.4 is 0 Å². The third-order valence-corrected chi connectivity index (χ3v) is 4.82. The molecule has 3 rings (SSSR count). The van der Waals surface area contributed by atoms with Crippen LogP contribution in [0.15, 0.2) is 42.5 Å². The minimum Gasteiger partial charge on any atom is -0.391 e. The van der Waals surface area contributed by atoms with Gasteiger partial charge in [-0.2, -0.15) is 0 Å². The van der Waals surface area contributed by atoms with E-state index < -0.39 is 12.2 Å². The zero-order chi connectivity index (χ0) is 14.1. The maximum absolute atomic E-state index is 10.6. The smallest absolute Gasteiger partial charge is 0.0843 e. The van der Waals surface area contributed by atoms with Crippen LogP contribution in [0.25, 0.3) is 10.8 Å². The van der Waals surface area contributed by atoms with E-state index in [1.807, 2.05) is 36.4 Å². The van der Waals surface area contributed by atoms with E-state index in [9.17, 15) is 10.2 Å². The van der Waals surface area contributed by atoms with Crippen molar-refractivity contribution in [2.24, 2.45) is 5.92 Å². The van der Waals surface area contributed by atoms with Gasteiger partial charge in [-0.25, -0.2) is 0 Å². The Morgan fingerprint density at radius 2 is 1.80 bits per heavy atom. The number of aliphatic hydroxyl groups is 2. The van der Waals surface area contributed by atoms with E-state index in [0.717, 1.165) is 35.6 Å². The molecule has 1 aliphatic rings. The quantitative estimate of drug-likeness (QED) is 0.829. The first-order valence-corrected chi connectivity index (χ1v) is 7.59. The summed E-state index contributed by atoms with van der Waals surface area (Å²) in [7, 11) is 0. The number of benzene rings is 2. The van der Waals surface area contributed by atoms with Crippen molar-refractivity contribution in [2.75, 3.05) is 0 Å². The molecule has 0 heterocycles. The molecule has 106 valence electrons. The van der Waals surface area contributed by atoms with Crippen molar-refractivity contribution in [2.45, 2.75) is 36.8 Å². The summed E-state index contributed by atoms with van der Waals surface area (Å²) < 4.78 is 0. The van der Waals surface area contributed by atoms with Crippen molar-refractivity contribution >= 4 is 22.4 Å². The van der Waals surface area contributed by atoms with Gasteiger partial charge in [0.25, 0.3) is 0 Å². The lowest BCUT2D eigenvalue weighted by atomic mass is 9.80. The molecule has 0 bridgehead atoms. The Balaban J connectivity index is 1.89. The second kappa shape index (κ2) is 5.72. The molecular weight excluding hydrogens is 272 g/mol. The van der Waals surface area contributed by atoms with Crippen molar-refractivity contribution in [3.8, 4) is 0 Å². The average molecular weight is 291 g/mol. The Labute approximate surface area is 124 Å². The molecule has 0 aromatic heterocycles. The Bertz CT molecular complexity index is 598. The standard InChI is InChI=1S/C17H19ClO2/c18-15-7-3-6-14(17(15)20)16(19)13-9-8-11-4-1-2-5-12(11)10-13/h1-2,4-5,8-10,14-17,19-20H,3,6-7H2/t14-,15+,16+,17-/m0/s1. The van der Waals surface area contributed by atoms with Gasteiger partial charge in [0.05, 0.1) is 17.6 Å². The Hall–Kier alpha value is -1.09. The lowest BCUT2D eigenvalue weighted by molar-refractivity contribution is -0.0110. The molecule has 4 atom stereocenters. The molecule has 2 nitrogen and oxygen atoms in total. The molecule has 0 aliphatic heterocycles. The normalized spacial score (nSPS) is 28.4. The van der Waals surface area contributed by atoms with Gasteiger partial charge in [-0.1, -0.05) is 42.8 Å². The summed E-state index contributed by atoms with van der Waals surface area (Å²) in [6.45, 7) is 0. The summed E-state index contributed by atoms with van der Waals surface area (Å²) in [4.78, 5) is 0. The van der Waals surface area contributed by atoms with Crippen LogP contribution in [0.2, 0.25) is 0 Å². The Kier molecular flexibility index (Phi) is 3.97. The molecule has 20 heavy (non-hydrogen) atoms. The van der Waals surface area contributed by atoms with E-state index in [4.69, 9.17) is 11.6 Å². The SMILES string of the molecule is O[C@H]1[C@H]([C@H](O)c2ccc3ccccc3c2)CCC[C@H]1Cl. The van der Waals surface area contributed by atoms with Gasteiger partial charge in [0, 0.05) is 5.92 Å². The van der Waals surface area contributed by atoms with Gasteiger partial charge in [-0.15, -0.1) is 11.6 Å². The van der Waals surface area contributed by atoms with Gasteiger partial charge in [-0.05, 0) is 35.2 Å². The molecule has 2 aromatic rings. The van der Waals surface area contributed by atoms with E-state index in [1.54, 1.807) is 0 Å². The summed E-state index contributed by atoms with van der Waals surface area (Å²) >= 11 is 6.13. The second-order valence-corrected chi connectivity index (χ2v) is 6.21. The minimum atomic E-state index is -0.656. The van der Waals surface area contributed by atoms with Crippen LogP contribution >= 0.6 is 11.6 Å². The summed E-state index contributed by atoms with van der Waals surface area (Å²) in [5, 5.41) is 22.8. The maximum atomic E-state index is 10.6. The molecule has 0 saturated heterocycles. The molecule has 1 aliphatic carbocycles. The van der Waals surface area contributed by atoms with Gasteiger partial charge < -0.3 is 10.2 Å². The molecule has 0 unspecified atom stereocenters. The van der Waals surface area contributed by atoms with Crippen molar-refractivity contribution in [1.29, 1.82) is 0 Å². The van der Waals surface area contributed by atoms with Crippen LogP contribution in [0, 0.1) is 5.92 Å². The number of alkyl halides is 1. The highest BCUT2D eigenvalue weighted by molar-refractivity contribution is 6.21. The van der Waals surface area contributed by atoms with Crippen LogP contribution in [0.4, 0.5) is 0 Å². The molecule has 0 spiro atoms. The van der Waals surface area contributed by atoms with E-state index in [2.05, 4.69) is 6.07 Å². The van der Waals surface area contributed by atoms with Crippen molar-refractivity contribution in [3.63, 3.8) is 0 Å². The van der Waals surface area contributed by atoms with Crippen LogP contribution in [0.1, 0.15) is 30.9 Å². The fourth-order valence-corrected chi connectivity index (χ4v) is 3.48. The van der Waals surface area contributed by atoms with E-state index in [0.29, 0.717) is 0 Å². The largest absolute Gasteiger partial charge is 0.391 e. The van der Waals surface area contributed by atoms with Gasteiger partial charge in [0.15, 0.2) is 0 Å². The highest BCUT2D eigenvalue weighted by atomic mass is 35.5. The van der Waals surface area contributed by atoms with E-state index in [1.165, 1.54) is 0 Å². The molecule has 2 aromatic carbocycles. The first-order chi connectivity index (χ1) is 9.66. The van der Waals surface area contributed by atoms with Gasteiger partial charge >= 0.3 is 0 Å². The van der Waals surface area contributed by atoms with E-state index >= 15 is 0 Å². The number of hydrogen-bond acceptors (Lipinski definition) is 2.